The molecule has 3 aromatic carbocycles. The van der Waals surface area contributed by atoms with Crippen LogP contribution in [0, 0.1) is 6.92 Å². The van der Waals surface area contributed by atoms with Crippen molar-refractivity contribution in [2.24, 2.45) is 4.99 Å². The first-order valence-electron chi connectivity index (χ1n) is 11.5. The smallest absolute Gasteiger partial charge is 0.258 e. The Morgan fingerprint density at radius 3 is 2.49 bits per heavy atom. The number of hydrogen-bond donors (Lipinski definition) is 4. The lowest BCUT2D eigenvalue weighted by Gasteiger charge is -2.39. The number of amidine groups is 1. The van der Waals surface area contributed by atoms with Gasteiger partial charge in [0.2, 0.25) is 5.91 Å². The second-order valence-electron chi connectivity index (χ2n) is 9.35. The van der Waals surface area contributed by atoms with Crippen molar-refractivity contribution in [3.63, 3.8) is 0 Å². The van der Waals surface area contributed by atoms with Crippen molar-refractivity contribution in [1.29, 1.82) is 0 Å². The standard InChI is InChI=1S/C27H20Br2N4O4/c1-13-2-6-21-18(8-13)26(22(35)12-34,27(32-21)19-11-16(29)5-7-20(19)30-25(27)37)33-24-17-10-15(28)4-3-14(17)9-23(36)31-24/h2-8,10-11,32,34H,9,12H2,1H3,(H,30,37)(H,31,33,36). The number of anilines is 2. The molecule has 0 aromatic heterocycles. The van der Waals surface area contributed by atoms with Crippen molar-refractivity contribution in [1.82, 2.24) is 5.32 Å². The van der Waals surface area contributed by atoms with Crippen molar-refractivity contribution >= 4 is 66.7 Å². The van der Waals surface area contributed by atoms with Gasteiger partial charge in [0, 0.05) is 37.0 Å². The third kappa shape index (κ3) is 3.29. The molecule has 0 saturated carbocycles. The number of rotatable bonds is 3. The first kappa shape index (κ1) is 24.0. The van der Waals surface area contributed by atoms with E-state index in [2.05, 4.69) is 47.8 Å². The highest BCUT2D eigenvalue weighted by Gasteiger charge is 2.70. The van der Waals surface area contributed by atoms with Gasteiger partial charge in [-0.25, -0.2) is 4.99 Å². The molecule has 1 spiro atoms. The van der Waals surface area contributed by atoms with Gasteiger partial charge < -0.3 is 21.1 Å². The molecule has 4 N–H and O–H groups in total. The zero-order chi connectivity index (χ0) is 26.1. The molecule has 0 fully saturated rings. The minimum Gasteiger partial charge on any atom is -0.388 e. The molecule has 3 aromatic rings. The quantitative estimate of drug-likeness (QED) is 0.355. The number of hydrogen-bond acceptors (Lipinski definition) is 6. The summed E-state index contributed by atoms with van der Waals surface area (Å²) in [5, 5.41) is 19.4. The maximum Gasteiger partial charge on any atom is 0.258 e. The maximum atomic E-state index is 14.0. The SMILES string of the molecule is Cc1ccc2c(c1)C(N=C1NC(=O)Cc3ccc(Br)cc31)(C(=O)CO)C1(N2)C(=O)Nc2ccc(Br)cc21. The Bertz CT molecular complexity index is 1590. The second kappa shape index (κ2) is 8.34. The number of carbonyl (C=O) groups is 3. The van der Waals surface area contributed by atoms with E-state index in [1.165, 1.54) is 0 Å². The first-order valence-corrected chi connectivity index (χ1v) is 13.1. The van der Waals surface area contributed by atoms with Crippen molar-refractivity contribution in [3.8, 4) is 0 Å². The number of fused-ring (bicyclic) bond motifs is 4. The topological polar surface area (TPSA) is 120 Å². The summed E-state index contributed by atoms with van der Waals surface area (Å²) in [6, 6.07) is 16.2. The van der Waals surface area contributed by atoms with Gasteiger partial charge in [0.25, 0.3) is 5.91 Å². The van der Waals surface area contributed by atoms with Crippen LogP contribution in [0.2, 0.25) is 0 Å². The lowest BCUT2D eigenvalue weighted by Crippen LogP contribution is -2.59. The number of Topliss-reactive ketones (excluding diaryl/α,β-unsaturated/α-hetero) is 1. The number of aryl methyl sites for hydroxylation is 1. The molecular formula is C27H20Br2N4O4. The molecule has 3 aliphatic heterocycles. The molecule has 2 amide bonds. The predicted octanol–water partition coefficient (Wildman–Crippen LogP) is 3.67. The Morgan fingerprint density at radius 1 is 0.973 bits per heavy atom. The zero-order valence-electron chi connectivity index (χ0n) is 19.5. The van der Waals surface area contributed by atoms with Gasteiger partial charge in [-0.3, -0.25) is 14.4 Å². The van der Waals surface area contributed by atoms with Gasteiger partial charge >= 0.3 is 0 Å². The van der Waals surface area contributed by atoms with Crippen LogP contribution in [0.3, 0.4) is 0 Å². The third-order valence-electron chi connectivity index (χ3n) is 7.17. The summed E-state index contributed by atoms with van der Waals surface area (Å²) in [6.07, 6.45) is 0.151. The molecule has 186 valence electrons. The molecule has 6 rings (SSSR count). The van der Waals surface area contributed by atoms with Crippen LogP contribution >= 0.6 is 31.9 Å². The van der Waals surface area contributed by atoms with E-state index in [9.17, 15) is 19.5 Å². The number of nitrogens with zero attached hydrogens (tertiary/aromatic N) is 1. The van der Waals surface area contributed by atoms with Crippen molar-refractivity contribution in [3.05, 3.63) is 91.4 Å². The fourth-order valence-electron chi connectivity index (χ4n) is 5.59. The van der Waals surface area contributed by atoms with Crippen molar-refractivity contribution in [2.45, 2.75) is 24.4 Å². The summed E-state index contributed by atoms with van der Waals surface area (Å²) in [5.74, 6) is -1.31. The van der Waals surface area contributed by atoms with Crippen LogP contribution in [-0.2, 0) is 31.9 Å². The lowest BCUT2D eigenvalue weighted by atomic mass is 9.69. The largest absolute Gasteiger partial charge is 0.388 e. The highest BCUT2D eigenvalue weighted by atomic mass is 79.9. The number of aliphatic hydroxyl groups excluding tert-OH is 1. The van der Waals surface area contributed by atoms with E-state index in [0.29, 0.717) is 32.5 Å². The molecule has 2 unspecified atom stereocenters. The fraction of sp³-hybridized carbons (Fsp3) is 0.185. The number of carbonyl (C=O) groups excluding carboxylic acids is 3. The minimum atomic E-state index is -1.93. The van der Waals surface area contributed by atoms with Gasteiger partial charge in [-0.15, -0.1) is 0 Å². The minimum absolute atomic E-state index is 0.151. The molecule has 0 radical (unpaired) electrons. The van der Waals surface area contributed by atoms with Crippen LogP contribution in [0.5, 0.6) is 0 Å². The molecule has 8 nitrogen and oxygen atoms in total. The second-order valence-corrected chi connectivity index (χ2v) is 11.2. The average molecular weight is 624 g/mol. The maximum absolute atomic E-state index is 14.0. The number of aliphatic hydroxyl groups is 1. The number of benzene rings is 3. The zero-order valence-corrected chi connectivity index (χ0v) is 22.7. The van der Waals surface area contributed by atoms with Crippen LogP contribution in [0.4, 0.5) is 11.4 Å². The molecule has 37 heavy (non-hydrogen) atoms. The molecule has 10 heteroatoms. The van der Waals surface area contributed by atoms with Gasteiger partial charge in [0.1, 0.15) is 12.4 Å². The highest BCUT2D eigenvalue weighted by molar-refractivity contribution is 9.10. The third-order valence-corrected chi connectivity index (χ3v) is 8.15. The van der Waals surface area contributed by atoms with E-state index in [1.54, 1.807) is 30.3 Å². The molecule has 3 aliphatic rings. The Labute approximate surface area is 228 Å². The highest BCUT2D eigenvalue weighted by Crippen LogP contribution is 2.59. The van der Waals surface area contributed by atoms with E-state index in [0.717, 1.165) is 15.6 Å². The van der Waals surface area contributed by atoms with Crippen LogP contribution in [0.25, 0.3) is 0 Å². The van der Waals surface area contributed by atoms with E-state index in [4.69, 9.17) is 4.99 Å². The Kier molecular flexibility index (Phi) is 5.41. The molecular weight excluding hydrogens is 604 g/mol. The number of ketones is 1. The van der Waals surface area contributed by atoms with Crippen LogP contribution in [0.15, 0.2) is 68.5 Å². The lowest BCUT2D eigenvalue weighted by molar-refractivity contribution is -0.134. The van der Waals surface area contributed by atoms with E-state index in [1.807, 2.05) is 31.2 Å². The molecule has 0 bridgehead atoms. The number of nitrogens with one attached hydrogen (secondary N) is 3. The first-order chi connectivity index (χ1) is 17.7. The summed E-state index contributed by atoms with van der Waals surface area (Å²) in [6.45, 7) is 1.00. The Morgan fingerprint density at radius 2 is 1.70 bits per heavy atom. The van der Waals surface area contributed by atoms with Crippen LogP contribution < -0.4 is 16.0 Å². The summed E-state index contributed by atoms with van der Waals surface area (Å²) in [5.41, 5.74) is 0.567. The van der Waals surface area contributed by atoms with Gasteiger partial charge in [-0.05, 0) is 48.9 Å². The van der Waals surface area contributed by atoms with E-state index in [-0.39, 0.29) is 18.2 Å². The van der Waals surface area contributed by atoms with Crippen LogP contribution in [-0.4, -0.2) is 35.1 Å². The summed E-state index contributed by atoms with van der Waals surface area (Å²) >= 11 is 6.97. The number of aliphatic imine (C=N–C) groups is 1. The molecule has 3 heterocycles. The fourth-order valence-corrected chi connectivity index (χ4v) is 6.32. The summed E-state index contributed by atoms with van der Waals surface area (Å²) < 4.78 is 1.47. The van der Waals surface area contributed by atoms with Crippen molar-refractivity contribution in [2.75, 3.05) is 17.2 Å². The Hall–Kier alpha value is -3.34. The number of halogens is 2. The molecule has 2 atom stereocenters. The van der Waals surface area contributed by atoms with Gasteiger partial charge in [0.15, 0.2) is 16.9 Å². The van der Waals surface area contributed by atoms with Crippen LogP contribution in [0.1, 0.15) is 27.8 Å². The predicted molar refractivity (Wildman–Crippen MR) is 146 cm³/mol. The normalized spacial score (nSPS) is 24.3. The number of amides is 2. The average Bonchev–Trinajstić information content (AvgIpc) is 3.31. The molecule has 0 aliphatic carbocycles. The summed E-state index contributed by atoms with van der Waals surface area (Å²) in [4.78, 5) is 45.7. The van der Waals surface area contributed by atoms with E-state index >= 15 is 0 Å². The van der Waals surface area contributed by atoms with E-state index < -0.39 is 29.4 Å². The monoisotopic (exact) mass is 622 g/mol. The summed E-state index contributed by atoms with van der Waals surface area (Å²) in [7, 11) is 0. The van der Waals surface area contributed by atoms with Gasteiger partial charge in [0.05, 0.1) is 6.42 Å². The molecule has 0 saturated heterocycles. The van der Waals surface area contributed by atoms with Gasteiger partial charge in [-0.1, -0.05) is 55.6 Å². The van der Waals surface area contributed by atoms with Crippen molar-refractivity contribution < 1.29 is 19.5 Å². The van der Waals surface area contributed by atoms with Gasteiger partial charge in [-0.2, -0.15) is 0 Å². The Balaban J connectivity index is 1.75.